The van der Waals surface area contributed by atoms with Gasteiger partial charge in [-0.1, -0.05) is 19.9 Å². The summed E-state index contributed by atoms with van der Waals surface area (Å²) in [5.74, 6) is -1.05. The van der Waals surface area contributed by atoms with E-state index in [9.17, 15) is 18.3 Å². The predicted molar refractivity (Wildman–Crippen MR) is 80.7 cm³/mol. The van der Waals surface area contributed by atoms with Crippen molar-refractivity contribution in [3.63, 3.8) is 0 Å². The second kappa shape index (κ2) is 7.46. The third-order valence-corrected chi connectivity index (χ3v) is 4.49. The SMILES string of the molecule is COc1cccc(OC)c1S(=O)(=O)N[C@H](CC(C)C)C(=O)O. The number of sulfonamides is 1. The van der Waals surface area contributed by atoms with E-state index in [-0.39, 0.29) is 28.7 Å². The Kier molecular flexibility index (Phi) is 6.19. The number of methoxy groups -OCH3 is 2. The van der Waals surface area contributed by atoms with Gasteiger partial charge in [0.25, 0.3) is 0 Å². The van der Waals surface area contributed by atoms with Crippen LogP contribution in [0.2, 0.25) is 0 Å². The third kappa shape index (κ3) is 4.35. The third-order valence-electron chi connectivity index (χ3n) is 2.95. The molecule has 0 spiro atoms. The molecule has 1 atom stereocenters. The average Bonchev–Trinajstić information content (AvgIpc) is 2.44. The fraction of sp³-hybridized carbons (Fsp3) is 0.500. The maximum absolute atomic E-state index is 12.6. The lowest BCUT2D eigenvalue weighted by molar-refractivity contribution is -0.139. The first-order valence-electron chi connectivity index (χ1n) is 6.69. The Morgan fingerprint density at radius 2 is 1.73 bits per heavy atom. The molecule has 0 bridgehead atoms. The summed E-state index contributed by atoms with van der Waals surface area (Å²) >= 11 is 0. The van der Waals surface area contributed by atoms with Crippen molar-refractivity contribution in [3.05, 3.63) is 18.2 Å². The molecular weight excluding hydrogens is 310 g/mol. The van der Waals surface area contributed by atoms with Crippen molar-refractivity contribution in [2.24, 2.45) is 5.92 Å². The summed E-state index contributed by atoms with van der Waals surface area (Å²) in [6, 6.07) is 3.30. The Morgan fingerprint density at radius 3 is 2.09 bits per heavy atom. The molecule has 8 heteroatoms. The van der Waals surface area contributed by atoms with Gasteiger partial charge in [0.1, 0.15) is 17.5 Å². The minimum Gasteiger partial charge on any atom is -0.495 e. The summed E-state index contributed by atoms with van der Waals surface area (Å²) in [4.78, 5) is 11.1. The molecule has 0 fully saturated rings. The summed E-state index contributed by atoms with van der Waals surface area (Å²) in [6.07, 6.45) is 0.173. The van der Waals surface area contributed by atoms with E-state index in [0.717, 1.165) is 0 Å². The van der Waals surface area contributed by atoms with E-state index in [1.54, 1.807) is 6.07 Å². The Bertz CT molecular complexity index is 604. The summed E-state index contributed by atoms with van der Waals surface area (Å²) in [7, 11) is -1.46. The van der Waals surface area contributed by atoms with E-state index in [1.165, 1.54) is 26.4 Å². The second-order valence-corrected chi connectivity index (χ2v) is 6.78. The molecule has 124 valence electrons. The Morgan fingerprint density at radius 1 is 1.23 bits per heavy atom. The molecule has 0 aliphatic rings. The Labute approximate surface area is 130 Å². The molecule has 0 amide bonds. The van der Waals surface area contributed by atoms with Crippen LogP contribution in [0.1, 0.15) is 20.3 Å². The topological polar surface area (TPSA) is 102 Å². The highest BCUT2D eigenvalue weighted by Crippen LogP contribution is 2.33. The lowest BCUT2D eigenvalue weighted by atomic mass is 10.1. The molecule has 7 nitrogen and oxygen atoms in total. The lowest BCUT2D eigenvalue weighted by Crippen LogP contribution is -2.41. The highest BCUT2D eigenvalue weighted by atomic mass is 32.2. The molecule has 0 aromatic heterocycles. The number of nitrogens with one attached hydrogen (secondary N) is 1. The maximum atomic E-state index is 12.6. The molecule has 0 unspecified atom stereocenters. The van der Waals surface area contributed by atoms with Crippen LogP contribution in [0.4, 0.5) is 0 Å². The molecule has 1 rings (SSSR count). The summed E-state index contributed by atoms with van der Waals surface area (Å²) in [5, 5.41) is 9.20. The zero-order chi connectivity index (χ0) is 16.9. The van der Waals surface area contributed by atoms with Crippen molar-refractivity contribution in [1.82, 2.24) is 4.72 Å². The van der Waals surface area contributed by atoms with Gasteiger partial charge >= 0.3 is 5.97 Å². The van der Waals surface area contributed by atoms with Crippen LogP contribution in [0.5, 0.6) is 11.5 Å². The van der Waals surface area contributed by atoms with Crippen LogP contribution in [-0.2, 0) is 14.8 Å². The molecule has 0 aliphatic carbocycles. The van der Waals surface area contributed by atoms with Crippen LogP contribution in [0.25, 0.3) is 0 Å². The van der Waals surface area contributed by atoms with Crippen LogP contribution >= 0.6 is 0 Å². The van der Waals surface area contributed by atoms with Gasteiger partial charge in [-0.25, -0.2) is 8.42 Å². The van der Waals surface area contributed by atoms with Crippen LogP contribution in [-0.4, -0.2) is 39.8 Å². The number of ether oxygens (including phenoxy) is 2. The standard InChI is InChI=1S/C14H21NO6S/c1-9(2)8-10(14(16)17)15-22(18,19)13-11(20-3)6-5-7-12(13)21-4/h5-7,9-10,15H,8H2,1-4H3,(H,16,17)/t10-/m1/s1. The lowest BCUT2D eigenvalue weighted by Gasteiger charge is -2.19. The van der Waals surface area contributed by atoms with Gasteiger partial charge in [-0.3, -0.25) is 4.79 Å². The van der Waals surface area contributed by atoms with Gasteiger partial charge in [0.15, 0.2) is 4.90 Å². The van der Waals surface area contributed by atoms with Gasteiger partial charge in [-0.05, 0) is 24.5 Å². The average molecular weight is 331 g/mol. The fourth-order valence-electron chi connectivity index (χ4n) is 2.00. The Balaban J connectivity index is 3.26. The molecule has 1 aromatic rings. The molecule has 2 N–H and O–H groups in total. The number of rotatable bonds is 8. The maximum Gasteiger partial charge on any atom is 0.321 e. The normalized spacial score (nSPS) is 13.0. The van der Waals surface area contributed by atoms with Crippen molar-refractivity contribution in [2.45, 2.75) is 31.2 Å². The monoisotopic (exact) mass is 331 g/mol. The Hall–Kier alpha value is -1.80. The molecule has 22 heavy (non-hydrogen) atoms. The van der Waals surface area contributed by atoms with Crippen molar-refractivity contribution < 1.29 is 27.8 Å². The summed E-state index contributed by atoms with van der Waals surface area (Å²) in [6.45, 7) is 3.63. The van der Waals surface area contributed by atoms with E-state index in [0.29, 0.717) is 0 Å². The van der Waals surface area contributed by atoms with Gasteiger partial charge in [0.05, 0.1) is 14.2 Å². The zero-order valence-corrected chi connectivity index (χ0v) is 13.8. The smallest absolute Gasteiger partial charge is 0.321 e. The number of hydrogen-bond acceptors (Lipinski definition) is 5. The number of carbonyl (C=O) groups is 1. The minimum absolute atomic E-state index is 0.0170. The molecule has 0 saturated carbocycles. The first kappa shape index (κ1) is 18.2. The van der Waals surface area contributed by atoms with Gasteiger partial charge in [-0.2, -0.15) is 4.72 Å². The van der Waals surface area contributed by atoms with E-state index >= 15 is 0 Å². The number of hydrogen-bond donors (Lipinski definition) is 2. The van der Waals surface area contributed by atoms with E-state index in [4.69, 9.17) is 9.47 Å². The number of carboxylic acid groups (broad SMARTS) is 1. The van der Waals surface area contributed by atoms with E-state index in [2.05, 4.69) is 4.72 Å². The fourth-order valence-corrected chi connectivity index (χ4v) is 3.52. The molecule has 0 radical (unpaired) electrons. The van der Waals surface area contributed by atoms with Crippen LogP contribution in [0, 0.1) is 5.92 Å². The predicted octanol–water partition coefficient (Wildman–Crippen LogP) is 1.48. The quantitative estimate of drug-likeness (QED) is 0.748. The molecule has 1 aromatic carbocycles. The molecule has 0 aliphatic heterocycles. The van der Waals surface area contributed by atoms with Crippen LogP contribution < -0.4 is 14.2 Å². The molecular formula is C14H21NO6S. The highest BCUT2D eigenvalue weighted by Gasteiger charge is 2.30. The van der Waals surface area contributed by atoms with Crippen molar-refractivity contribution in [2.75, 3.05) is 14.2 Å². The number of benzene rings is 1. The highest BCUT2D eigenvalue weighted by molar-refractivity contribution is 7.89. The first-order chi connectivity index (χ1) is 10.2. The van der Waals surface area contributed by atoms with Crippen LogP contribution in [0.3, 0.4) is 0 Å². The number of aliphatic carboxylic acids is 1. The minimum atomic E-state index is -4.12. The number of carboxylic acids is 1. The zero-order valence-electron chi connectivity index (χ0n) is 13.0. The van der Waals surface area contributed by atoms with Gasteiger partial charge in [0.2, 0.25) is 10.0 Å². The van der Waals surface area contributed by atoms with E-state index in [1.807, 2.05) is 13.8 Å². The molecule has 0 heterocycles. The van der Waals surface area contributed by atoms with Crippen molar-refractivity contribution >= 4 is 16.0 Å². The van der Waals surface area contributed by atoms with Crippen LogP contribution in [0.15, 0.2) is 23.1 Å². The van der Waals surface area contributed by atoms with Gasteiger partial charge in [0, 0.05) is 0 Å². The summed E-state index contributed by atoms with van der Waals surface area (Å²) in [5.41, 5.74) is 0. The van der Waals surface area contributed by atoms with E-state index < -0.39 is 22.0 Å². The van der Waals surface area contributed by atoms with Gasteiger partial charge < -0.3 is 14.6 Å². The second-order valence-electron chi connectivity index (χ2n) is 5.13. The molecule has 0 saturated heterocycles. The van der Waals surface area contributed by atoms with Crippen molar-refractivity contribution in [1.29, 1.82) is 0 Å². The first-order valence-corrected chi connectivity index (χ1v) is 8.17. The summed E-state index contributed by atoms with van der Waals surface area (Å²) < 4.78 is 37.4. The largest absolute Gasteiger partial charge is 0.495 e. The van der Waals surface area contributed by atoms with Crippen molar-refractivity contribution in [3.8, 4) is 11.5 Å². The van der Waals surface area contributed by atoms with Gasteiger partial charge in [-0.15, -0.1) is 0 Å².